The number of hydrogen-bond acceptors (Lipinski definition) is 6. The van der Waals surface area contributed by atoms with Crippen LogP contribution in [0.1, 0.15) is 50.4 Å². The van der Waals surface area contributed by atoms with Gasteiger partial charge in [0.05, 0.1) is 23.9 Å². The Morgan fingerprint density at radius 1 is 0.936 bits per heavy atom. The summed E-state index contributed by atoms with van der Waals surface area (Å²) in [6.45, 7) is 1.71. The Morgan fingerprint density at radius 3 is 2.06 bits per heavy atom. The Hall–Kier alpha value is -4.67. The van der Waals surface area contributed by atoms with Crippen LogP contribution in [-0.4, -0.2) is 86.5 Å². The third-order valence-corrected chi connectivity index (χ3v) is 6.93. The quantitative estimate of drug-likeness (QED) is 0.135. The molecule has 0 spiro atoms. The minimum absolute atomic E-state index is 0.000527. The number of aliphatic carboxylic acids is 3. The Balaban J connectivity index is 0.000000459. The van der Waals surface area contributed by atoms with Gasteiger partial charge < -0.3 is 30.5 Å². The van der Waals surface area contributed by atoms with Crippen LogP contribution in [0.25, 0.3) is 22.0 Å². The molecule has 1 aromatic heterocycles. The molecule has 0 aliphatic carbocycles. The van der Waals surface area contributed by atoms with Crippen molar-refractivity contribution in [2.24, 2.45) is 5.92 Å². The van der Waals surface area contributed by atoms with Gasteiger partial charge in [0.25, 0.3) is 0 Å². The molecule has 0 saturated carbocycles. The third-order valence-electron chi connectivity index (χ3n) is 6.93. The Morgan fingerprint density at radius 2 is 1.53 bits per heavy atom. The van der Waals surface area contributed by atoms with Gasteiger partial charge in [0.1, 0.15) is 5.82 Å². The SMILES string of the molecule is CN1CC[C@@H](C(=O)N[C@@H](CCCCCC(=O)O)c2ncc(-c3ccc4ccccc4c3)[nH]2)C1.O=C(O)C(F)(F)F.O=C(O)C(F)(F)F. The summed E-state index contributed by atoms with van der Waals surface area (Å²) < 4.78 is 63.5. The molecule has 258 valence electrons. The maximum Gasteiger partial charge on any atom is 0.490 e. The van der Waals surface area contributed by atoms with Gasteiger partial charge >= 0.3 is 30.3 Å². The van der Waals surface area contributed by atoms with Crippen LogP contribution in [-0.2, 0) is 19.2 Å². The predicted molar refractivity (Wildman–Crippen MR) is 156 cm³/mol. The van der Waals surface area contributed by atoms with Crippen LogP contribution in [0, 0.1) is 5.92 Å². The summed E-state index contributed by atoms with van der Waals surface area (Å²) in [6, 6.07) is 14.3. The number of amides is 1. The monoisotopic (exact) mass is 676 g/mol. The smallest absolute Gasteiger partial charge is 0.481 e. The lowest BCUT2D eigenvalue weighted by atomic mass is 10.0. The van der Waals surface area contributed by atoms with E-state index in [2.05, 4.69) is 50.5 Å². The lowest BCUT2D eigenvalue weighted by molar-refractivity contribution is -0.193. The van der Waals surface area contributed by atoms with Crippen molar-refractivity contribution in [3.05, 3.63) is 54.5 Å². The molecular formula is C30H34F6N4O7. The van der Waals surface area contributed by atoms with E-state index in [1.165, 1.54) is 10.8 Å². The highest BCUT2D eigenvalue weighted by molar-refractivity contribution is 5.86. The fourth-order valence-electron chi connectivity index (χ4n) is 4.53. The Bertz CT molecular complexity index is 1490. The van der Waals surface area contributed by atoms with Crippen LogP contribution in [0.4, 0.5) is 26.3 Å². The van der Waals surface area contributed by atoms with E-state index in [9.17, 15) is 35.9 Å². The van der Waals surface area contributed by atoms with Gasteiger partial charge in [-0.3, -0.25) is 9.59 Å². The topological polar surface area (TPSA) is 173 Å². The van der Waals surface area contributed by atoms with Crippen LogP contribution in [0.3, 0.4) is 0 Å². The molecule has 2 aromatic carbocycles. The number of aromatic amines is 1. The number of likely N-dealkylation sites (tertiary alicyclic amines) is 1. The average molecular weight is 677 g/mol. The van der Waals surface area contributed by atoms with Gasteiger partial charge in [0.15, 0.2) is 0 Å². The number of halogens is 6. The van der Waals surface area contributed by atoms with E-state index in [1.807, 2.05) is 25.4 Å². The number of imidazole rings is 1. The van der Waals surface area contributed by atoms with Gasteiger partial charge in [-0.25, -0.2) is 14.6 Å². The molecular weight excluding hydrogens is 642 g/mol. The maximum absolute atomic E-state index is 12.9. The summed E-state index contributed by atoms with van der Waals surface area (Å²) in [5, 5.41) is 28.7. The van der Waals surface area contributed by atoms with E-state index < -0.39 is 30.3 Å². The van der Waals surface area contributed by atoms with Gasteiger partial charge in [-0.2, -0.15) is 26.3 Å². The number of unbranched alkanes of at least 4 members (excludes halogenated alkanes) is 2. The Labute approximate surface area is 264 Å². The van der Waals surface area contributed by atoms with Crippen molar-refractivity contribution >= 4 is 34.6 Å². The van der Waals surface area contributed by atoms with E-state index >= 15 is 0 Å². The fourth-order valence-corrected chi connectivity index (χ4v) is 4.53. The van der Waals surface area contributed by atoms with Crippen LogP contribution in [0.5, 0.6) is 0 Å². The second-order valence-electron chi connectivity index (χ2n) is 10.7. The summed E-state index contributed by atoms with van der Waals surface area (Å²) in [4.78, 5) is 51.7. The molecule has 1 amide bonds. The second kappa shape index (κ2) is 17.3. The number of alkyl halides is 6. The van der Waals surface area contributed by atoms with Crippen LogP contribution < -0.4 is 5.32 Å². The molecule has 1 aliphatic rings. The van der Waals surface area contributed by atoms with Crippen LogP contribution >= 0.6 is 0 Å². The first kappa shape index (κ1) is 38.5. The van der Waals surface area contributed by atoms with Gasteiger partial charge in [-0.05, 0) is 49.7 Å². The molecule has 2 atom stereocenters. The zero-order valence-electron chi connectivity index (χ0n) is 25.1. The predicted octanol–water partition coefficient (Wildman–Crippen LogP) is 5.64. The molecule has 0 unspecified atom stereocenters. The lowest BCUT2D eigenvalue weighted by Crippen LogP contribution is -2.35. The summed E-state index contributed by atoms with van der Waals surface area (Å²) >= 11 is 0. The van der Waals surface area contributed by atoms with E-state index in [0.29, 0.717) is 6.42 Å². The van der Waals surface area contributed by atoms with E-state index in [4.69, 9.17) is 24.9 Å². The van der Waals surface area contributed by atoms with Crippen molar-refractivity contribution in [1.29, 1.82) is 0 Å². The molecule has 2 heterocycles. The van der Waals surface area contributed by atoms with E-state index in [1.54, 1.807) is 0 Å². The summed E-state index contributed by atoms with van der Waals surface area (Å²) in [5.41, 5.74) is 1.97. The van der Waals surface area contributed by atoms with Crippen molar-refractivity contribution < 1.29 is 60.8 Å². The fraction of sp³-hybridized carbons (Fsp3) is 0.433. The number of carboxylic acid groups (broad SMARTS) is 3. The van der Waals surface area contributed by atoms with Crippen molar-refractivity contribution in [3.8, 4) is 11.3 Å². The number of carbonyl (C=O) groups excluding carboxylic acids is 1. The number of nitrogens with zero attached hydrogens (tertiary/aromatic N) is 2. The normalized spacial score (nSPS) is 15.5. The van der Waals surface area contributed by atoms with Gasteiger partial charge in [-0.15, -0.1) is 0 Å². The number of fused-ring (bicyclic) bond motifs is 1. The number of rotatable bonds is 10. The zero-order valence-corrected chi connectivity index (χ0v) is 25.1. The maximum atomic E-state index is 12.9. The van der Waals surface area contributed by atoms with E-state index in [-0.39, 0.29) is 24.3 Å². The van der Waals surface area contributed by atoms with Gasteiger partial charge in [0.2, 0.25) is 5.91 Å². The highest BCUT2D eigenvalue weighted by Gasteiger charge is 2.39. The molecule has 0 bridgehead atoms. The minimum Gasteiger partial charge on any atom is -0.481 e. The molecule has 0 radical (unpaired) electrons. The average Bonchev–Trinajstić information content (AvgIpc) is 3.65. The van der Waals surface area contributed by atoms with Gasteiger partial charge in [0, 0.05) is 18.5 Å². The van der Waals surface area contributed by atoms with Gasteiger partial charge in [-0.1, -0.05) is 49.2 Å². The first-order valence-corrected chi connectivity index (χ1v) is 14.2. The molecule has 1 aliphatic heterocycles. The van der Waals surface area contributed by atoms with E-state index in [0.717, 1.165) is 55.9 Å². The number of H-pyrrole nitrogens is 1. The third kappa shape index (κ3) is 13.3. The van der Waals surface area contributed by atoms with Crippen LogP contribution in [0.2, 0.25) is 0 Å². The summed E-state index contributed by atoms with van der Waals surface area (Å²) in [5.74, 6) is -5.47. The molecule has 17 heteroatoms. The van der Waals surface area contributed by atoms with Crippen molar-refractivity contribution in [1.82, 2.24) is 20.2 Å². The number of benzene rings is 2. The zero-order chi connectivity index (χ0) is 35.4. The molecule has 1 fully saturated rings. The molecule has 47 heavy (non-hydrogen) atoms. The summed E-state index contributed by atoms with van der Waals surface area (Å²) in [7, 11) is 2.04. The highest BCUT2D eigenvalue weighted by atomic mass is 19.4. The number of hydrogen-bond donors (Lipinski definition) is 5. The van der Waals surface area contributed by atoms with Crippen LogP contribution in [0.15, 0.2) is 48.7 Å². The molecule has 3 aromatic rings. The number of aromatic nitrogens is 2. The minimum atomic E-state index is -5.08. The summed E-state index contributed by atoms with van der Waals surface area (Å²) in [6.07, 6.45) is -4.29. The molecule has 11 nitrogen and oxygen atoms in total. The highest BCUT2D eigenvalue weighted by Crippen LogP contribution is 2.26. The number of carboxylic acids is 3. The Kier molecular flexibility index (Phi) is 14.2. The standard InChI is InChI=1S/C26H32N4O3.2C2HF3O2/c1-30-14-13-21(17-30)26(33)29-22(9-3-2-4-10-24(31)32)25-27-16-23(28-25)20-12-11-18-7-5-6-8-19(18)15-20;2*3-2(4,5)1(6)7/h5-8,11-12,15-16,21-22H,2-4,9-10,13-14,17H2,1H3,(H,27,28)(H,29,33)(H,31,32);2*(H,6,7)/t21-,22+;;/m1../s1. The second-order valence-corrected chi connectivity index (χ2v) is 10.7. The van der Waals surface area contributed by atoms with Crippen molar-refractivity contribution in [2.45, 2.75) is 56.9 Å². The number of carbonyl (C=O) groups is 4. The molecule has 1 saturated heterocycles. The largest absolute Gasteiger partial charge is 0.490 e. The lowest BCUT2D eigenvalue weighted by Gasteiger charge is -2.19. The van der Waals surface area contributed by atoms with Crippen molar-refractivity contribution in [3.63, 3.8) is 0 Å². The number of nitrogens with one attached hydrogen (secondary N) is 2. The first-order valence-electron chi connectivity index (χ1n) is 14.2. The van der Waals surface area contributed by atoms with Crippen molar-refractivity contribution in [2.75, 3.05) is 20.1 Å². The molecule has 4 rings (SSSR count). The first-order chi connectivity index (χ1) is 21.9. The molecule has 5 N–H and O–H groups in total.